The summed E-state index contributed by atoms with van der Waals surface area (Å²) < 4.78 is 1.75. The first kappa shape index (κ1) is 13.1. The highest BCUT2D eigenvalue weighted by Crippen LogP contribution is 2.37. The molecule has 0 fully saturated rings. The van der Waals surface area contributed by atoms with E-state index in [4.69, 9.17) is 0 Å². The maximum Gasteiger partial charge on any atom is 0.312 e. The van der Waals surface area contributed by atoms with Gasteiger partial charge in [-0.15, -0.1) is 11.3 Å². The van der Waals surface area contributed by atoms with Crippen LogP contribution in [-0.2, 0) is 18.3 Å². The zero-order valence-corrected chi connectivity index (χ0v) is 12.2. The van der Waals surface area contributed by atoms with E-state index >= 15 is 0 Å². The van der Waals surface area contributed by atoms with Gasteiger partial charge in [0.2, 0.25) is 0 Å². The second-order valence-electron chi connectivity index (χ2n) is 5.03. The standard InChI is InChI=1S/C13H16N4O2S/c1-7-6-10(17(2)16-7)14-13-15-11-8(12(18)19)4-3-5-9(11)20-13/h6,8H,3-5H2,1-2H3,(H,14,15)(H,18,19). The number of fused-ring (bicyclic) bond motifs is 1. The van der Waals surface area contributed by atoms with E-state index in [-0.39, 0.29) is 0 Å². The highest BCUT2D eigenvalue weighted by atomic mass is 32.1. The van der Waals surface area contributed by atoms with E-state index in [1.165, 1.54) is 0 Å². The molecule has 3 rings (SSSR count). The summed E-state index contributed by atoms with van der Waals surface area (Å²) >= 11 is 1.54. The van der Waals surface area contributed by atoms with Crippen LogP contribution in [0.3, 0.4) is 0 Å². The number of nitrogens with one attached hydrogen (secondary N) is 1. The Kier molecular flexibility index (Phi) is 3.21. The Morgan fingerprint density at radius 1 is 1.60 bits per heavy atom. The summed E-state index contributed by atoms with van der Waals surface area (Å²) in [4.78, 5) is 16.8. The fourth-order valence-electron chi connectivity index (χ4n) is 2.55. The molecule has 1 atom stereocenters. The van der Waals surface area contributed by atoms with Crippen LogP contribution in [0.2, 0.25) is 0 Å². The molecule has 1 unspecified atom stereocenters. The molecule has 6 nitrogen and oxygen atoms in total. The molecule has 0 amide bonds. The Morgan fingerprint density at radius 3 is 3.05 bits per heavy atom. The Morgan fingerprint density at radius 2 is 2.40 bits per heavy atom. The number of carboxylic acids is 1. The highest BCUT2D eigenvalue weighted by molar-refractivity contribution is 7.15. The summed E-state index contributed by atoms with van der Waals surface area (Å²) in [5, 5.41) is 17.5. The van der Waals surface area contributed by atoms with Gasteiger partial charge in [-0.1, -0.05) is 0 Å². The Hall–Kier alpha value is -1.89. The lowest BCUT2D eigenvalue weighted by atomic mass is 9.91. The first-order valence-corrected chi connectivity index (χ1v) is 7.36. The molecule has 0 saturated heterocycles. The van der Waals surface area contributed by atoms with Gasteiger partial charge in [-0.05, 0) is 26.2 Å². The van der Waals surface area contributed by atoms with Gasteiger partial charge < -0.3 is 10.4 Å². The third-order valence-electron chi connectivity index (χ3n) is 3.49. The monoisotopic (exact) mass is 292 g/mol. The average molecular weight is 292 g/mol. The molecule has 2 aromatic rings. The molecule has 2 aromatic heterocycles. The molecule has 0 aromatic carbocycles. The molecule has 0 saturated carbocycles. The molecule has 2 heterocycles. The molecule has 0 bridgehead atoms. The second-order valence-corrected chi connectivity index (χ2v) is 6.11. The fraction of sp³-hybridized carbons (Fsp3) is 0.462. The van der Waals surface area contributed by atoms with Crippen LogP contribution in [0, 0.1) is 6.92 Å². The molecule has 2 N–H and O–H groups in total. The Bertz CT molecular complexity index is 661. The lowest BCUT2D eigenvalue weighted by Crippen LogP contribution is -2.17. The van der Waals surface area contributed by atoms with Gasteiger partial charge in [0.1, 0.15) is 11.7 Å². The molecule has 106 valence electrons. The summed E-state index contributed by atoms with van der Waals surface area (Å²) in [6.07, 6.45) is 2.51. The molecule has 1 aliphatic carbocycles. The maximum atomic E-state index is 11.3. The van der Waals surface area contributed by atoms with E-state index in [0.29, 0.717) is 6.42 Å². The van der Waals surface area contributed by atoms with Crippen LogP contribution in [0.15, 0.2) is 6.07 Å². The molecule has 0 aliphatic heterocycles. The van der Waals surface area contributed by atoms with Gasteiger partial charge in [0.25, 0.3) is 0 Å². The molecular weight excluding hydrogens is 276 g/mol. The van der Waals surface area contributed by atoms with Crippen molar-refractivity contribution in [3.8, 4) is 0 Å². The molecule has 0 spiro atoms. The van der Waals surface area contributed by atoms with Crippen LogP contribution < -0.4 is 5.32 Å². The van der Waals surface area contributed by atoms with Crippen LogP contribution in [-0.4, -0.2) is 25.8 Å². The minimum atomic E-state index is -0.779. The number of aryl methyl sites for hydroxylation is 3. The summed E-state index contributed by atoms with van der Waals surface area (Å²) in [6.45, 7) is 1.93. The van der Waals surface area contributed by atoms with Crippen molar-refractivity contribution in [3.05, 3.63) is 22.3 Å². The molecule has 7 heteroatoms. The van der Waals surface area contributed by atoms with Gasteiger partial charge in [-0.3, -0.25) is 9.48 Å². The van der Waals surface area contributed by atoms with Crippen molar-refractivity contribution in [2.45, 2.75) is 32.1 Å². The van der Waals surface area contributed by atoms with Crippen molar-refractivity contribution in [2.75, 3.05) is 5.32 Å². The van der Waals surface area contributed by atoms with E-state index in [9.17, 15) is 9.90 Å². The van der Waals surface area contributed by atoms with Crippen molar-refractivity contribution in [1.29, 1.82) is 0 Å². The largest absolute Gasteiger partial charge is 0.481 e. The van der Waals surface area contributed by atoms with Crippen molar-refractivity contribution in [3.63, 3.8) is 0 Å². The van der Waals surface area contributed by atoms with Gasteiger partial charge in [-0.25, -0.2) is 4.98 Å². The Labute approximate surface area is 120 Å². The highest BCUT2D eigenvalue weighted by Gasteiger charge is 2.30. The van der Waals surface area contributed by atoms with E-state index < -0.39 is 11.9 Å². The van der Waals surface area contributed by atoms with E-state index in [1.54, 1.807) is 16.0 Å². The van der Waals surface area contributed by atoms with Gasteiger partial charge in [0.05, 0.1) is 11.4 Å². The minimum absolute atomic E-state index is 0.459. The van der Waals surface area contributed by atoms with Crippen LogP contribution in [0.25, 0.3) is 0 Å². The number of hydrogen-bond donors (Lipinski definition) is 2. The van der Waals surface area contributed by atoms with Crippen LogP contribution in [0.1, 0.15) is 35.0 Å². The van der Waals surface area contributed by atoms with E-state index in [2.05, 4.69) is 15.4 Å². The van der Waals surface area contributed by atoms with Crippen molar-refractivity contribution in [2.24, 2.45) is 7.05 Å². The van der Waals surface area contributed by atoms with Gasteiger partial charge in [0.15, 0.2) is 5.13 Å². The van der Waals surface area contributed by atoms with E-state index in [1.807, 2.05) is 20.0 Å². The lowest BCUT2D eigenvalue weighted by molar-refractivity contribution is -0.139. The lowest BCUT2D eigenvalue weighted by Gasteiger charge is -2.16. The summed E-state index contributed by atoms with van der Waals surface area (Å²) in [6, 6.07) is 1.94. The summed E-state index contributed by atoms with van der Waals surface area (Å²) in [5.74, 6) is -0.376. The maximum absolute atomic E-state index is 11.3. The van der Waals surface area contributed by atoms with Crippen LogP contribution >= 0.6 is 11.3 Å². The zero-order valence-electron chi connectivity index (χ0n) is 11.4. The number of nitrogens with zero attached hydrogens (tertiary/aromatic N) is 3. The number of aromatic nitrogens is 3. The first-order valence-electron chi connectivity index (χ1n) is 6.54. The molecule has 1 aliphatic rings. The zero-order chi connectivity index (χ0) is 14.3. The third kappa shape index (κ3) is 2.29. The topological polar surface area (TPSA) is 80.0 Å². The number of thiazole rings is 1. The third-order valence-corrected chi connectivity index (χ3v) is 4.54. The van der Waals surface area contributed by atoms with Gasteiger partial charge in [-0.2, -0.15) is 5.10 Å². The number of anilines is 2. The van der Waals surface area contributed by atoms with Crippen molar-refractivity contribution >= 4 is 28.3 Å². The predicted molar refractivity (Wildman–Crippen MR) is 76.7 cm³/mol. The SMILES string of the molecule is Cc1cc(Nc2nc3c(s2)CCCC3C(=O)O)n(C)n1. The van der Waals surface area contributed by atoms with Crippen molar-refractivity contribution in [1.82, 2.24) is 14.8 Å². The molecular formula is C13H16N4O2S. The van der Waals surface area contributed by atoms with Crippen LogP contribution in [0.5, 0.6) is 0 Å². The fourth-order valence-corrected chi connectivity index (χ4v) is 3.62. The average Bonchev–Trinajstić information content (AvgIpc) is 2.92. The predicted octanol–water partition coefficient (Wildman–Crippen LogP) is 2.43. The minimum Gasteiger partial charge on any atom is -0.481 e. The number of carboxylic acid groups (broad SMARTS) is 1. The summed E-state index contributed by atoms with van der Waals surface area (Å²) in [7, 11) is 1.86. The van der Waals surface area contributed by atoms with Crippen LogP contribution in [0.4, 0.5) is 10.9 Å². The smallest absolute Gasteiger partial charge is 0.312 e. The quantitative estimate of drug-likeness (QED) is 0.908. The number of hydrogen-bond acceptors (Lipinski definition) is 5. The van der Waals surface area contributed by atoms with Gasteiger partial charge >= 0.3 is 5.97 Å². The molecule has 20 heavy (non-hydrogen) atoms. The summed E-state index contributed by atoms with van der Waals surface area (Å²) in [5.41, 5.74) is 1.66. The molecule has 0 radical (unpaired) electrons. The van der Waals surface area contributed by atoms with Gasteiger partial charge in [0, 0.05) is 18.0 Å². The first-order chi connectivity index (χ1) is 9.54. The normalized spacial score (nSPS) is 17.8. The Balaban J connectivity index is 1.89. The number of carbonyl (C=O) groups is 1. The number of aliphatic carboxylic acids is 1. The number of rotatable bonds is 3. The second kappa shape index (κ2) is 4.90. The van der Waals surface area contributed by atoms with Crippen molar-refractivity contribution < 1.29 is 9.90 Å². The van der Waals surface area contributed by atoms with E-state index in [0.717, 1.165) is 40.1 Å².